The van der Waals surface area contributed by atoms with Crippen LogP contribution in [0.3, 0.4) is 0 Å². The molecule has 4 fully saturated rings. The zero-order chi connectivity index (χ0) is 27.2. The molecule has 0 spiro atoms. The number of hydrogen-bond donors (Lipinski definition) is 0. The summed E-state index contributed by atoms with van der Waals surface area (Å²) in [5.74, 6) is 7.67. The van der Waals surface area contributed by atoms with E-state index in [4.69, 9.17) is 17.0 Å². The van der Waals surface area contributed by atoms with E-state index < -0.39 is 36.0 Å². The fourth-order valence-electron chi connectivity index (χ4n) is 10.9. The minimum atomic E-state index is -1.28. The molecular weight excluding hydrogens is 627 g/mol. The Labute approximate surface area is 268 Å². The van der Waals surface area contributed by atoms with E-state index in [1.165, 1.54) is 44.1 Å². The average molecular weight is 695 g/mol. The fourth-order valence-corrected chi connectivity index (χ4v) is 25.3. The Morgan fingerprint density at radius 3 is 1.38 bits per heavy atom. The van der Waals surface area contributed by atoms with E-state index in [-0.39, 0.29) is 14.9 Å². The van der Waals surface area contributed by atoms with Crippen molar-refractivity contribution in [1.82, 2.24) is 0 Å². The van der Waals surface area contributed by atoms with Gasteiger partial charge in [0.1, 0.15) is 0 Å². The normalized spacial score (nSPS) is 34.1. The fraction of sp³-hybridized carbons (Fsp3) is 0.941. The molecule has 8 unspecified atom stereocenters. The first-order chi connectivity index (χ1) is 17.7. The summed E-state index contributed by atoms with van der Waals surface area (Å²) in [4.78, 5) is 0. The molecule has 0 aromatic rings. The summed E-state index contributed by atoms with van der Waals surface area (Å²) in [5, 5.41) is 0. The maximum atomic E-state index is 4.93. The molecule has 4 aliphatic rings. The van der Waals surface area contributed by atoms with Crippen LogP contribution in [0.4, 0.5) is 0 Å². The van der Waals surface area contributed by atoms with Crippen LogP contribution >= 0.6 is 17.0 Å². The van der Waals surface area contributed by atoms with Gasteiger partial charge in [-0.3, -0.25) is 0 Å². The van der Waals surface area contributed by atoms with Gasteiger partial charge in [0, 0.05) is 15.2 Å². The monoisotopic (exact) mass is 692 g/mol. The Balaban J connectivity index is 0.00000145. The van der Waals surface area contributed by atoms with E-state index in [0.29, 0.717) is 0 Å². The second-order valence-corrected chi connectivity index (χ2v) is 34.9. The summed E-state index contributed by atoms with van der Waals surface area (Å²) in [6.07, 6.45) is 24.7. The van der Waals surface area contributed by atoms with Gasteiger partial charge >= 0.3 is 37.9 Å². The van der Waals surface area contributed by atoms with Crippen molar-refractivity contribution >= 4 is 32.2 Å². The van der Waals surface area contributed by atoms with Gasteiger partial charge < -0.3 is 14.9 Å². The van der Waals surface area contributed by atoms with Gasteiger partial charge in [0.05, 0.1) is 0 Å². The van der Waals surface area contributed by atoms with Crippen molar-refractivity contribution in [3.8, 4) is 0 Å². The second kappa shape index (κ2) is 18.0. The predicted octanol–water partition coefficient (Wildman–Crippen LogP) is 13.2. The second-order valence-electron chi connectivity index (χ2n) is 15.0. The predicted molar refractivity (Wildman–Crippen MR) is 182 cm³/mol. The third-order valence-corrected chi connectivity index (χ3v) is 33.7. The molecule has 5 heteroatoms. The van der Waals surface area contributed by atoms with E-state index >= 15 is 0 Å². The maximum absolute atomic E-state index is 4.93. The van der Waals surface area contributed by atoms with Crippen LogP contribution in [0.5, 0.6) is 0 Å². The first-order valence-corrected chi connectivity index (χ1v) is 30.1. The SMILES string of the molecule is CCCC(CCC)CC1CC([Si](C)(C)[Si](C)(C)C2CC(CC)C3CCCCC32)C2CCCCC12.[CH3-].[CH3-].[Cl][Zr+2][Cl]. The summed E-state index contributed by atoms with van der Waals surface area (Å²) < 4.78 is 0. The summed E-state index contributed by atoms with van der Waals surface area (Å²) in [6, 6.07) is 0. The zero-order valence-corrected chi connectivity index (χ0v) is 33.7. The van der Waals surface area contributed by atoms with Crippen molar-refractivity contribution in [2.45, 2.75) is 161 Å². The molecule has 0 aliphatic heterocycles. The van der Waals surface area contributed by atoms with Gasteiger partial charge in [0.25, 0.3) is 0 Å². The summed E-state index contributed by atoms with van der Waals surface area (Å²) in [7, 11) is 7.32. The minimum absolute atomic E-state index is 0. The number of fused-ring (bicyclic) bond motifs is 2. The van der Waals surface area contributed by atoms with Crippen molar-refractivity contribution in [1.29, 1.82) is 0 Å². The molecule has 4 aliphatic carbocycles. The first-order valence-electron chi connectivity index (χ1n) is 16.6. The summed E-state index contributed by atoms with van der Waals surface area (Å²) >= 11 is -0.826. The number of rotatable bonds is 10. The molecule has 0 aromatic heterocycles. The van der Waals surface area contributed by atoms with E-state index in [1.54, 1.807) is 64.2 Å². The molecule has 0 aromatic carbocycles. The molecule has 8 atom stereocenters. The Bertz CT molecular complexity index is 666. The molecule has 4 saturated carbocycles. The van der Waals surface area contributed by atoms with Crippen molar-refractivity contribution in [3.05, 3.63) is 14.9 Å². The number of hydrogen-bond acceptors (Lipinski definition) is 0. The topological polar surface area (TPSA) is 0 Å². The Kier molecular flexibility index (Phi) is 18.0. The van der Waals surface area contributed by atoms with Crippen LogP contribution in [0.25, 0.3) is 0 Å². The third kappa shape index (κ3) is 8.76. The third-order valence-electron chi connectivity index (χ3n) is 13.2. The molecule has 0 bridgehead atoms. The molecular formula is C34H68Cl2Si2Zr. The van der Waals surface area contributed by atoms with E-state index in [1.807, 2.05) is 0 Å². The molecule has 0 heterocycles. The summed E-state index contributed by atoms with van der Waals surface area (Å²) in [6.45, 7) is 19.2. The van der Waals surface area contributed by atoms with Crippen molar-refractivity contribution in [3.63, 3.8) is 0 Å². The van der Waals surface area contributed by atoms with Gasteiger partial charge in [-0.05, 0) is 84.6 Å². The van der Waals surface area contributed by atoms with Crippen LogP contribution in [0, 0.1) is 56.3 Å². The molecule has 0 N–H and O–H groups in total. The molecule has 0 amide bonds. The summed E-state index contributed by atoms with van der Waals surface area (Å²) in [5.41, 5.74) is 2.33. The van der Waals surface area contributed by atoms with Crippen LogP contribution in [-0.4, -0.2) is 15.2 Å². The van der Waals surface area contributed by atoms with Crippen LogP contribution in [0.15, 0.2) is 0 Å². The molecule has 39 heavy (non-hydrogen) atoms. The molecule has 230 valence electrons. The Hall–Kier alpha value is 1.90. The quantitative estimate of drug-likeness (QED) is 0.158. The van der Waals surface area contributed by atoms with Crippen molar-refractivity contribution in [2.24, 2.45) is 41.4 Å². The van der Waals surface area contributed by atoms with Crippen LogP contribution in [0.1, 0.15) is 124 Å². The van der Waals surface area contributed by atoms with Gasteiger partial charge in [-0.15, -0.1) is 0 Å². The van der Waals surface area contributed by atoms with Gasteiger partial charge in [0.15, 0.2) is 0 Å². The zero-order valence-electron chi connectivity index (χ0n) is 27.8. The van der Waals surface area contributed by atoms with Crippen LogP contribution in [-0.2, 0) is 20.8 Å². The molecule has 4 rings (SSSR count). The van der Waals surface area contributed by atoms with Crippen LogP contribution < -0.4 is 0 Å². The molecule has 0 nitrogen and oxygen atoms in total. The van der Waals surface area contributed by atoms with Crippen LogP contribution in [0.2, 0.25) is 37.3 Å². The van der Waals surface area contributed by atoms with Crippen molar-refractivity contribution < 1.29 is 20.8 Å². The van der Waals surface area contributed by atoms with E-state index in [2.05, 4.69) is 47.0 Å². The van der Waals surface area contributed by atoms with Crippen molar-refractivity contribution in [2.75, 3.05) is 0 Å². The van der Waals surface area contributed by atoms with E-state index in [0.717, 1.165) is 47.0 Å². The van der Waals surface area contributed by atoms with Gasteiger partial charge in [-0.1, -0.05) is 118 Å². The van der Waals surface area contributed by atoms with Gasteiger partial charge in [-0.25, -0.2) is 0 Å². The molecule has 0 saturated heterocycles. The molecule has 0 radical (unpaired) electrons. The standard InChI is InChI=1S/C32H62Si2.2CH3.2ClH.Zr/c1-8-15-24(16-9-2)21-26-23-32(30-20-14-12-18-28(26)30)34(6,7)33(4,5)31-22-25(10-3)27-17-11-13-19-29(27)31;;;;;/h24-32H,8-23H2,1-7H3;2*1H3;2*1H;/q;2*-1;;;+4/p-2. The van der Waals surface area contributed by atoms with E-state index in [9.17, 15) is 0 Å². The van der Waals surface area contributed by atoms with Gasteiger partial charge in [-0.2, -0.15) is 0 Å². The Morgan fingerprint density at radius 1 is 0.641 bits per heavy atom. The first kappa shape index (κ1) is 38.9. The van der Waals surface area contributed by atoms with Gasteiger partial charge in [0.2, 0.25) is 0 Å². The number of halogens is 2. The average Bonchev–Trinajstić information content (AvgIpc) is 3.44. The Morgan fingerprint density at radius 2 is 1.00 bits per heavy atom.